The molecule has 0 aliphatic heterocycles. The molecule has 0 unspecified atom stereocenters. The SMILES string of the molecule is N#Cc1cnn2cc(-c3cnn([C@H]4CC[C@H](CCO)CC4)c3)cc(-c3ccc(F)nc3)c12. The highest BCUT2D eigenvalue weighted by Gasteiger charge is 2.23. The zero-order valence-corrected chi connectivity index (χ0v) is 17.5. The van der Waals surface area contributed by atoms with Gasteiger partial charge in [-0.15, -0.1) is 0 Å². The third kappa shape index (κ3) is 3.76. The number of fused-ring (bicyclic) bond motifs is 1. The molecule has 1 fully saturated rings. The van der Waals surface area contributed by atoms with Crippen LogP contribution in [-0.4, -0.2) is 36.1 Å². The lowest BCUT2D eigenvalue weighted by atomic mass is 9.84. The normalized spacial score (nSPS) is 18.7. The Kier molecular flexibility index (Phi) is 5.41. The second-order valence-corrected chi connectivity index (χ2v) is 8.37. The Labute approximate surface area is 184 Å². The van der Waals surface area contributed by atoms with Gasteiger partial charge in [0.05, 0.1) is 29.5 Å². The van der Waals surface area contributed by atoms with E-state index in [0.717, 1.165) is 48.8 Å². The number of pyridine rings is 2. The van der Waals surface area contributed by atoms with Gasteiger partial charge in [0.1, 0.15) is 6.07 Å². The summed E-state index contributed by atoms with van der Waals surface area (Å²) in [6.45, 7) is 0.260. The maximum absolute atomic E-state index is 13.4. The lowest BCUT2D eigenvalue weighted by molar-refractivity contribution is 0.202. The van der Waals surface area contributed by atoms with E-state index in [4.69, 9.17) is 0 Å². The van der Waals surface area contributed by atoms with Gasteiger partial charge in [0.15, 0.2) is 0 Å². The highest BCUT2D eigenvalue weighted by Crippen LogP contribution is 2.35. The first-order valence-corrected chi connectivity index (χ1v) is 10.8. The van der Waals surface area contributed by atoms with Crippen LogP contribution in [0.2, 0.25) is 0 Å². The number of hydrogen-bond donors (Lipinski definition) is 1. The number of halogens is 1. The van der Waals surface area contributed by atoms with E-state index in [1.54, 1.807) is 10.6 Å². The van der Waals surface area contributed by atoms with Gasteiger partial charge in [-0.05, 0) is 56.2 Å². The summed E-state index contributed by atoms with van der Waals surface area (Å²) in [4.78, 5) is 3.78. The second kappa shape index (κ2) is 8.52. The molecule has 162 valence electrons. The molecule has 0 radical (unpaired) electrons. The summed E-state index contributed by atoms with van der Waals surface area (Å²) >= 11 is 0. The number of aliphatic hydroxyl groups is 1. The maximum atomic E-state index is 13.4. The van der Waals surface area contributed by atoms with Crippen molar-refractivity contribution >= 4 is 5.52 Å². The molecule has 0 bridgehead atoms. The van der Waals surface area contributed by atoms with E-state index in [-0.39, 0.29) is 6.61 Å². The van der Waals surface area contributed by atoms with Crippen molar-refractivity contribution < 1.29 is 9.50 Å². The van der Waals surface area contributed by atoms with Crippen LogP contribution in [0, 0.1) is 23.2 Å². The van der Waals surface area contributed by atoms with E-state index in [0.29, 0.717) is 28.6 Å². The predicted molar refractivity (Wildman–Crippen MR) is 117 cm³/mol. The molecule has 1 saturated carbocycles. The number of hydrogen-bond acceptors (Lipinski definition) is 5. The van der Waals surface area contributed by atoms with Crippen molar-refractivity contribution in [3.05, 3.63) is 60.7 Å². The minimum Gasteiger partial charge on any atom is -0.396 e. The second-order valence-electron chi connectivity index (χ2n) is 8.37. The molecule has 0 spiro atoms. The fourth-order valence-electron chi connectivity index (χ4n) is 4.68. The molecule has 1 N–H and O–H groups in total. The van der Waals surface area contributed by atoms with Gasteiger partial charge in [0, 0.05) is 47.5 Å². The van der Waals surface area contributed by atoms with Crippen LogP contribution < -0.4 is 0 Å². The fourth-order valence-corrected chi connectivity index (χ4v) is 4.68. The van der Waals surface area contributed by atoms with Crippen LogP contribution in [0.4, 0.5) is 4.39 Å². The van der Waals surface area contributed by atoms with Crippen LogP contribution in [0.1, 0.15) is 43.7 Å². The molecule has 0 amide bonds. The number of nitrogens with zero attached hydrogens (tertiary/aromatic N) is 6. The van der Waals surface area contributed by atoms with Crippen molar-refractivity contribution in [2.75, 3.05) is 6.61 Å². The quantitative estimate of drug-likeness (QED) is 0.474. The Morgan fingerprint density at radius 1 is 1.03 bits per heavy atom. The van der Waals surface area contributed by atoms with Gasteiger partial charge in [0.25, 0.3) is 0 Å². The molecule has 4 heterocycles. The van der Waals surface area contributed by atoms with Gasteiger partial charge in [-0.1, -0.05) is 0 Å². The fraction of sp³-hybridized carbons (Fsp3) is 0.333. The summed E-state index contributed by atoms with van der Waals surface area (Å²) in [6.07, 6.45) is 14.0. The molecule has 1 aliphatic carbocycles. The van der Waals surface area contributed by atoms with Crippen LogP contribution in [-0.2, 0) is 0 Å². The highest BCUT2D eigenvalue weighted by molar-refractivity contribution is 5.87. The molecule has 4 aromatic heterocycles. The molecular weight excluding hydrogens is 407 g/mol. The Morgan fingerprint density at radius 2 is 1.88 bits per heavy atom. The Hall–Kier alpha value is -3.57. The number of rotatable bonds is 5. The smallest absolute Gasteiger partial charge is 0.212 e. The average Bonchev–Trinajstić information content (AvgIpc) is 3.47. The van der Waals surface area contributed by atoms with Crippen LogP contribution in [0.15, 0.2) is 49.2 Å². The lowest BCUT2D eigenvalue weighted by Gasteiger charge is -2.28. The van der Waals surface area contributed by atoms with Crippen molar-refractivity contribution in [2.45, 2.75) is 38.1 Å². The summed E-state index contributed by atoms with van der Waals surface area (Å²) in [5.41, 5.74) is 4.45. The average molecular weight is 430 g/mol. The molecule has 7 nitrogen and oxygen atoms in total. The monoisotopic (exact) mass is 430 g/mol. The van der Waals surface area contributed by atoms with Gasteiger partial charge in [-0.25, -0.2) is 9.50 Å². The van der Waals surface area contributed by atoms with Crippen LogP contribution in [0.25, 0.3) is 27.8 Å². The van der Waals surface area contributed by atoms with Crippen molar-refractivity contribution in [1.29, 1.82) is 5.26 Å². The summed E-state index contributed by atoms with van der Waals surface area (Å²) in [5, 5.41) is 27.7. The van der Waals surface area contributed by atoms with Gasteiger partial charge in [-0.3, -0.25) is 4.68 Å². The van der Waals surface area contributed by atoms with Gasteiger partial charge in [-0.2, -0.15) is 19.8 Å². The molecular formula is C24H23FN6O. The maximum Gasteiger partial charge on any atom is 0.212 e. The summed E-state index contributed by atoms with van der Waals surface area (Å²) < 4.78 is 17.1. The minimum atomic E-state index is -0.551. The first-order chi connectivity index (χ1) is 15.7. The van der Waals surface area contributed by atoms with E-state index in [9.17, 15) is 14.8 Å². The molecule has 8 heteroatoms. The van der Waals surface area contributed by atoms with E-state index < -0.39 is 5.95 Å². The van der Waals surface area contributed by atoms with E-state index in [1.165, 1.54) is 18.5 Å². The first kappa shape index (κ1) is 20.3. The molecule has 4 aromatic rings. The topological polar surface area (TPSA) is 92.0 Å². The number of aliphatic hydroxyl groups excluding tert-OH is 1. The van der Waals surface area contributed by atoms with Gasteiger partial charge >= 0.3 is 0 Å². The van der Waals surface area contributed by atoms with Crippen LogP contribution >= 0.6 is 0 Å². The van der Waals surface area contributed by atoms with E-state index in [2.05, 4.69) is 27.4 Å². The van der Waals surface area contributed by atoms with E-state index in [1.807, 2.05) is 23.1 Å². The third-order valence-electron chi connectivity index (χ3n) is 6.43. The zero-order valence-electron chi connectivity index (χ0n) is 17.5. The first-order valence-electron chi connectivity index (χ1n) is 10.8. The van der Waals surface area contributed by atoms with Crippen molar-refractivity contribution in [1.82, 2.24) is 24.4 Å². The van der Waals surface area contributed by atoms with Crippen LogP contribution in [0.3, 0.4) is 0 Å². The molecule has 5 rings (SSSR count). The summed E-state index contributed by atoms with van der Waals surface area (Å²) in [5.74, 6) is 0.0552. The van der Waals surface area contributed by atoms with Crippen molar-refractivity contribution in [3.63, 3.8) is 0 Å². The largest absolute Gasteiger partial charge is 0.396 e. The summed E-state index contributed by atoms with van der Waals surface area (Å²) in [7, 11) is 0. The molecule has 0 atom stereocenters. The standard InChI is InChI=1S/C24H23FN6O/c25-23-6-3-17(11-27-23)22-9-18(14-31-24(22)19(10-26)12-29-31)20-13-28-30(15-20)21-4-1-16(2-5-21)7-8-32/h3,6,9,11-16,21,32H,1-2,4-5,7-8H2/t16-,21-. The van der Waals surface area contributed by atoms with Crippen molar-refractivity contribution in [2.24, 2.45) is 5.92 Å². The highest BCUT2D eigenvalue weighted by atomic mass is 19.1. The third-order valence-corrected chi connectivity index (χ3v) is 6.43. The number of nitriles is 1. The molecule has 0 saturated heterocycles. The van der Waals surface area contributed by atoms with Gasteiger partial charge in [0.2, 0.25) is 5.95 Å². The van der Waals surface area contributed by atoms with E-state index >= 15 is 0 Å². The minimum absolute atomic E-state index is 0.260. The van der Waals surface area contributed by atoms with Gasteiger partial charge < -0.3 is 5.11 Å². The predicted octanol–water partition coefficient (Wildman–Crippen LogP) is 4.38. The lowest BCUT2D eigenvalue weighted by Crippen LogP contribution is -2.19. The van der Waals surface area contributed by atoms with Crippen molar-refractivity contribution in [3.8, 4) is 28.3 Å². The summed E-state index contributed by atoms with van der Waals surface area (Å²) in [6, 6.07) is 7.49. The zero-order chi connectivity index (χ0) is 22.1. The Balaban J connectivity index is 1.50. The van der Waals surface area contributed by atoms with Crippen LogP contribution in [0.5, 0.6) is 0 Å². The Morgan fingerprint density at radius 3 is 2.59 bits per heavy atom. The number of aromatic nitrogens is 5. The molecule has 32 heavy (non-hydrogen) atoms. The Bertz CT molecular complexity index is 1280. The molecule has 1 aliphatic rings. The molecule has 0 aromatic carbocycles.